The third-order valence-electron chi connectivity index (χ3n) is 1.85. The van der Waals surface area contributed by atoms with Crippen LogP contribution < -0.4 is 10.6 Å². The zero-order chi connectivity index (χ0) is 7.40. The van der Waals surface area contributed by atoms with Crippen molar-refractivity contribution in [2.24, 2.45) is 0 Å². The number of nitrogens with one attached hydrogen (secondary N) is 1. The smallest absolute Gasteiger partial charge is 0.217 e. The van der Waals surface area contributed by atoms with Crippen molar-refractivity contribution in [2.75, 3.05) is 13.1 Å². The van der Waals surface area contributed by atoms with Gasteiger partial charge in [0.2, 0.25) is 5.91 Å². The standard InChI is InChI=1S/C7H14N2O/c1-6(10)9-7-2-4-8-5-3-7/h7-8H,2-5H2,1H3,(H,9,10)/p+1. The number of carbonyl (C=O) groups is 1. The summed E-state index contributed by atoms with van der Waals surface area (Å²) >= 11 is 0. The van der Waals surface area contributed by atoms with Crippen LogP contribution in [0.15, 0.2) is 0 Å². The lowest BCUT2D eigenvalue weighted by molar-refractivity contribution is -0.663. The van der Waals surface area contributed by atoms with Crippen LogP contribution in [0.25, 0.3) is 0 Å². The molecule has 0 unspecified atom stereocenters. The average molecular weight is 143 g/mol. The molecule has 1 aliphatic heterocycles. The van der Waals surface area contributed by atoms with Gasteiger partial charge in [0, 0.05) is 25.8 Å². The second-order valence-corrected chi connectivity index (χ2v) is 2.84. The maximum atomic E-state index is 10.6. The van der Waals surface area contributed by atoms with Crippen LogP contribution in [0.1, 0.15) is 19.8 Å². The molecule has 0 aromatic rings. The number of quaternary nitrogens is 1. The Kier molecular flexibility index (Phi) is 2.68. The van der Waals surface area contributed by atoms with Gasteiger partial charge < -0.3 is 10.6 Å². The summed E-state index contributed by atoms with van der Waals surface area (Å²) < 4.78 is 0. The van der Waals surface area contributed by atoms with Gasteiger partial charge in [0.15, 0.2) is 0 Å². The number of hydrogen-bond donors (Lipinski definition) is 2. The average Bonchev–Trinajstić information content (AvgIpc) is 1.88. The highest BCUT2D eigenvalue weighted by atomic mass is 16.1. The second-order valence-electron chi connectivity index (χ2n) is 2.84. The molecule has 1 saturated heterocycles. The molecule has 1 aliphatic rings. The Labute approximate surface area is 61.2 Å². The van der Waals surface area contributed by atoms with Crippen LogP contribution in [-0.2, 0) is 4.79 Å². The van der Waals surface area contributed by atoms with E-state index in [0.717, 1.165) is 25.9 Å². The van der Waals surface area contributed by atoms with E-state index >= 15 is 0 Å². The van der Waals surface area contributed by atoms with Gasteiger partial charge in [-0.3, -0.25) is 4.79 Å². The fourth-order valence-electron chi connectivity index (χ4n) is 1.36. The van der Waals surface area contributed by atoms with E-state index in [0.29, 0.717) is 6.04 Å². The lowest BCUT2D eigenvalue weighted by Gasteiger charge is -2.20. The number of hydrogen-bond acceptors (Lipinski definition) is 1. The summed E-state index contributed by atoms with van der Waals surface area (Å²) in [5.74, 6) is 0.104. The molecule has 0 bridgehead atoms. The molecule has 1 heterocycles. The molecule has 0 spiro atoms. The lowest BCUT2D eigenvalue weighted by atomic mass is 10.1. The van der Waals surface area contributed by atoms with Crippen LogP contribution in [0.3, 0.4) is 0 Å². The minimum absolute atomic E-state index is 0.104. The fraction of sp³-hybridized carbons (Fsp3) is 0.857. The molecular formula is C7H15N2O+. The van der Waals surface area contributed by atoms with E-state index in [2.05, 4.69) is 10.6 Å². The molecule has 58 valence electrons. The number of rotatable bonds is 1. The van der Waals surface area contributed by atoms with Crippen molar-refractivity contribution in [2.45, 2.75) is 25.8 Å². The maximum Gasteiger partial charge on any atom is 0.217 e. The van der Waals surface area contributed by atoms with E-state index < -0.39 is 0 Å². The molecule has 1 fully saturated rings. The van der Waals surface area contributed by atoms with Gasteiger partial charge in [0.1, 0.15) is 0 Å². The molecule has 3 nitrogen and oxygen atoms in total. The van der Waals surface area contributed by atoms with Crippen LogP contribution in [0.5, 0.6) is 0 Å². The third kappa shape index (κ3) is 2.35. The predicted octanol–water partition coefficient (Wildman–Crippen LogP) is -1.15. The second kappa shape index (κ2) is 3.56. The monoisotopic (exact) mass is 143 g/mol. The van der Waals surface area contributed by atoms with Gasteiger partial charge in [0.25, 0.3) is 0 Å². The largest absolute Gasteiger partial charge is 0.353 e. The Balaban J connectivity index is 2.19. The van der Waals surface area contributed by atoms with E-state index in [1.54, 1.807) is 6.92 Å². The highest BCUT2D eigenvalue weighted by Gasteiger charge is 2.14. The highest BCUT2D eigenvalue weighted by molar-refractivity contribution is 5.73. The van der Waals surface area contributed by atoms with Gasteiger partial charge in [-0.05, 0) is 0 Å². The molecule has 3 heteroatoms. The molecule has 3 N–H and O–H groups in total. The van der Waals surface area contributed by atoms with E-state index in [1.807, 2.05) is 0 Å². The van der Waals surface area contributed by atoms with Crippen molar-refractivity contribution in [1.29, 1.82) is 0 Å². The summed E-state index contributed by atoms with van der Waals surface area (Å²) in [6.07, 6.45) is 2.25. The van der Waals surface area contributed by atoms with Gasteiger partial charge in [0.05, 0.1) is 13.1 Å². The molecular weight excluding hydrogens is 128 g/mol. The van der Waals surface area contributed by atoms with Gasteiger partial charge in [-0.1, -0.05) is 0 Å². The molecule has 0 aliphatic carbocycles. The topological polar surface area (TPSA) is 45.7 Å². The van der Waals surface area contributed by atoms with Gasteiger partial charge >= 0.3 is 0 Å². The van der Waals surface area contributed by atoms with E-state index in [9.17, 15) is 4.79 Å². The Bertz CT molecular complexity index is 119. The molecule has 10 heavy (non-hydrogen) atoms. The van der Waals surface area contributed by atoms with Crippen LogP contribution in [0, 0.1) is 0 Å². The number of nitrogens with two attached hydrogens (primary N) is 1. The van der Waals surface area contributed by atoms with Gasteiger partial charge in [-0.2, -0.15) is 0 Å². The first-order valence-electron chi connectivity index (χ1n) is 3.88. The zero-order valence-corrected chi connectivity index (χ0v) is 6.39. The molecule has 1 amide bonds. The van der Waals surface area contributed by atoms with Crippen LogP contribution in [-0.4, -0.2) is 25.0 Å². The first-order chi connectivity index (χ1) is 4.79. The summed E-state index contributed by atoms with van der Waals surface area (Å²) in [5.41, 5.74) is 0. The third-order valence-corrected chi connectivity index (χ3v) is 1.85. The SMILES string of the molecule is CC(=O)NC1CC[NH2+]CC1. The van der Waals surface area contributed by atoms with Crippen molar-refractivity contribution in [3.8, 4) is 0 Å². The number of amides is 1. The summed E-state index contributed by atoms with van der Waals surface area (Å²) in [4.78, 5) is 10.6. The van der Waals surface area contributed by atoms with Crippen molar-refractivity contribution in [3.05, 3.63) is 0 Å². The highest BCUT2D eigenvalue weighted by Crippen LogP contribution is 1.96. The van der Waals surface area contributed by atoms with Crippen molar-refractivity contribution >= 4 is 5.91 Å². The predicted molar refractivity (Wildman–Crippen MR) is 38.5 cm³/mol. The Morgan fingerprint density at radius 3 is 2.60 bits per heavy atom. The number of carbonyl (C=O) groups excluding carboxylic acids is 1. The molecule has 0 radical (unpaired) electrons. The summed E-state index contributed by atoms with van der Waals surface area (Å²) in [5, 5.41) is 5.21. The molecule has 0 atom stereocenters. The number of piperidine rings is 1. The first kappa shape index (κ1) is 7.54. The normalized spacial score (nSPS) is 20.5. The zero-order valence-electron chi connectivity index (χ0n) is 6.39. The Hall–Kier alpha value is -0.570. The van der Waals surface area contributed by atoms with Crippen LogP contribution in [0.2, 0.25) is 0 Å². The summed E-state index contributed by atoms with van der Waals surface area (Å²) in [6, 6.07) is 0.447. The minimum Gasteiger partial charge on any atom is -0.353 e. The Morgan fingerprint density at radius 2 is 2.10 bits per heavy atom. The van der Waals surface area contributed by atoms with Crippen molar-refractivity contribution < 1.29 is 10.1 Å². The van der Waals surface area contributed by atoms with Crippen molar-refractivity contribution in [3.63, 3.8) is 0 Å². The molecule has 0 aromatic carbocycles. The molecule has 0 saturated carbocycles. The van der Waals surface area contributed by atoms with E-state index in [1.165, 1.54) is 0 Å². The fourth-order valence-corrected chi connectivity index (χ4v) is 1.36. The lowest BCUT2D eigenvalue weighted by Crippen LogP contribution is -2.87. The summed E-state index contributed by atoms with van der Waals surface area (Å²) in [6.45, 7) is 3.90. The van der Waals surface area contributed by atoms with E-state index in [-0.39, 0.29) is 5.91 Å². The first-order valence-corrected chi connectivity index (χ1v) is 3.88. The van der Waals surface area contributed by atoms with Gasteiger partial charge in [-0.25, -0.2) is 0 Å². The Morgan fingerprint density at radius 1 is 1.50 bits per heavy atom. The van der Waals surface area contributed by atoms with E-state index in [4.69, 9.17) is 0 Å². The summed E-state index contributed by atoms with van der Waals surface area (Å²) in [7, 11) is 0. The molecule has 0 aromatic heterocycles. The maximum absolute atomic E-state index is 10.6. The minimum atomic E-state index is 0.104. The van der Waals surface area contributed by atoms with Crippen LogP contribution in [0.4, 0.5) is 0 Å². The molecule has 1 rings (SSSR count). The van der Waals surface area contributed by atoms with Crippen molar-refractivity contribution in [1.82, 2.24) is 5.32 Å². The van der Waals surface area contributed by atoms with Crippen LogP contribution >= 0.6 is 0 Å². The quantitative estimate of drug-likeness (QED) is 0.478. The van der Waals surface area contributed by atoms with Gasteiger partial charge in [-0.15, -0.1) is 0 Å².